The summed E-state index contributed by atoms with van der Waals surface area (Å²) in [5, 5.41) is 5.74. The van der Waals surface area contributed by atoms with E-state index in [1.165, 1.54) is 18.0 Å². The Balaban J connectivity index is 1.55. The summed E-state index contributed by atoms with van der Waals surface area (Å²) >= 11 is 0. The molecule has 1 aromatic heterocycles. The molecule has 3 aromatic rings. The van der Waals surface area contributed by atoms with Gasteiger partial charge in [0.2, 0.25) is 0 Å². The number of pyridine rings is 1. The maximum Gasteiger partial charge on any atom is 0.257 e. The Hall–Kier alpha value is -3.47. The lowest BCUT2D eigenvalue weighted by Gasteiger charge is -2.09. The van der Waals surface area contributed by atoms with Crippen LogP contribution in [0, 0.1) is 6.92 Å². The number of anilines is 1. The lowest BCUT2D eigenvalue weighted by atomic mass is 10.1. The number of nitrogens with zero attached hydrogens (tertiary/aromatic N) is 1. The van der Waals surface area contributed by atoms with Gasteiger partial charge in [-0.15, -0.1) is 0 Å². The number of nitrogens with one attached hydrogen (secondary N) is 2. The van der Waals surface area contributed by atoms with Crippen LogP contribution in [0.4, 0.5) is 5.69 Å². The van der Waals surface area contributed by atoms with E-state index in [1.807, 2.05) is 49.4 Å². The van der Waals surface area contributed by atoms with Gasteiger partial charge in [0.25, 0.3) is 11.8 Å². The highest BCUT2D eigenvalue weighted by Crippen LogP contribution is 2.15. The Labute approximate surface area is 164 Å². The van der Waals surface area contributed by atoms with Crippen molar-refractivity contribution in [3.05, 3.63) is 95.3 Å². The number of amides is 2. The standard InChI is InChI=1S/C23H23N3O2/c1-17-8-5-6-12-21(17)26-23(28)20-14-19(15-24-16-20)22(27)25-13-7-11-18-9-3-2-4-10-18/h2-6,8-10,12,14-16H,7,11,13H2,1H3,(H,25,27)(H,26,28). The molecule has 142 valence electrons. The minimum atomic E-state index is -0.291. The van der Waals surface area contributed by atoms with Crippen LogP contribution in [0.1, 0.15) is 38.3 Å². The molecule has 0 atom stereocenters. The average molecular weight is 373 g/mol. The fourth-order valence-electron chi connectivity index (χ4n) is 2.84. The molecular weight excluding hydrogens is 350 g/mol. The van der Waals surface area contributed by atoms with Crippen LogP contribution in [0.2, 0.25) is 0 Å². The van der Waals surface area contributed by atoms with Crippen molar-refractivity contribution in [3.8, 4) is 0 Å². The molecule has 0 aliphatic rings. The second-order valence-corrected chi connectivity index (χ2v) is 6.58. The zero-order valence-electron chi connectivity index (χ0n) is 15.8. The Bertz CT molecular complexity index is 955. The number of para-hydroxylation sites is 1. The number of carbonyl (C=O) groups excluding carboxylic acids is 2. The van der Waals surface area contributed by atoms with Gasteiger partial charge in [-0.1, -0.05) is 48.5 Å². The number of aromatic nitrogens is 1. The van der Waals surface area contributed by atoms with Crippen LogP contribution < -0.4 is 10.6 Å². The first-order valence-corrected chi connectivity index (χ1v) is 9.27. The van der Waals surface area contributed by atoms with Crippen molar-refractivity contribution in [1.82, 2.24) is 10.3 Å². The van der Waals surface area contributed by atoms with Gasteiger partial charge in [0.1, 0.15) is 0 Å². The maximum absolute atomic E-state index is 12.5. The quantitative estimate of drug-likeness (QED) is 0.615. The molecule has 0 aliphatic carbocycles. The van der Waals surface area contributed by atoms with E-state index in [-0.39, 0.29) is 11.8 Å². The molecule has 2 aromatic carbocycles. The third kappa shape index (κ3) is 5.27. The van der Waals surface area contributed by atoms with E-state index >= 15 is 0 Å². The van der Waals surface area contributed by atoms with E-state index in [0.717, 1.165) is 24.1 Å². The van der Waals surface area contributed by atoms with E-state index in [1.54, 1.807) is 6.07 Å². The zero-order chi connectivity index (χ0) is 19.8. The Kier molecular flexibility index (Phi) is 6.52. The molecule has 2 N–H and O–H groups in total. The molecule has 0 aliphatic heterocycles. The zero-order valence-corrected chi connectivity index (χ0v) is 15.8. The summed E-state index contributed by atoms with van der Waals surface area (Å²) in [4.78, 5) is 28.9. The molecule has 5 nitrogen and oxygen atoms in total. The Morgan fingerprint density at radius 2 is 1.57 bits per heavy atom. The van der Waals surface area contributed by atoms with Crippen molar-refractivity contribution < 1.29 is 9.59 Å². The van der Waals surface area contributed by atoms with E-state index < -0.39 is 0 Å². The number of hydrogen-bond donors (Lipinski definition) is 2. The summed E-state index contributed by atoms with van der Waals surface area (Å²) in [6.07, 6.45) is 4.67. The minimum Gasteiger partial charge on any atom is -0.352 e. The Morgan fingerprint density at radius 3 is 2.32 bits per heavy atom. The average Bonchev–Trinajstić information content (AvgIpc) is 2.73. The molecule has 28 heavy (non-hydrogen) atoms. The smallest absolute Gasteiger partial charge is 0.257 e. The normalized spacial score (nSPS) is 10.3. The third-order valence-corrected chi connectivity index (χ3v) is 4.43. The highest BCUT2D eigenvalue weighted by Gasteiger charge is 2.12. The number of benzene rings is 2. The van der Waals surface area contributed by atoms with Crippen molar-refractivity contribution in [2.75, 3.05) is 11.9 Å². The topological polar surface area (TPSA) is 71.1 Å². The van der Waals surface area contributed by atoms with Gasteiger partial charge in [-0.25, -0.2) is 0 Å². The maximum atomic E-state index is 12.5. The number of hydrogen-bond acceptors (Lipinski definition) is 3. The van der Waals surface area contributed by atoms with Gasteiger partial charge in [0.05, 0.1) is 11.1 Å². The predicted octanol–water partition coefficient (Wildman–Crippen LogP) is 4.00. The van der Waals surface area contributed by atoms with Crippen molar-refractivity contribution in [3.63, 3.8) is 0 Å². The highest BCUT2D eigenvalue weighted by atomic mass is 16.2. The summed E-state index contributed by atoms with van der Waals surface area (Å²) in [5.41, 5.74) is 3.67. The van der Waals surface area contributed by atoms with Gasteiger partial charge in [0, 0.05) is 24.6 Å². The van der Waals surface area contributed by atoms with Crippen molar-refractivity contribution in [2.24, 2.45) is 0 Å². The fourth-order valence-corrected chi connectivity index (χ4v) is 2.84. The lowest BCUT2D eigenvalue weighted by molar-refractivity contribution is 0.0953. The van der Waals surface area contributed by atoms with E-state index in [2.05, 4.69) is 27.8 Å². The molecule has 0 bridgehead atoms. The molecule has 0 spiro atoms. The lowest BCUT2D eigenvalue weighted by Crippen LogP contribution is -2.25. The largest absolute Gasteiger partial charge is 0.352 e. The molecule has 0 saturated carbocycles. The van der Waals surface area contributed by atoms with Gasteiger partial charge >= 0.3 is 0 Å². The predicted molar refractivity (Wildman–Crippen MR) is 110 cm³/mol. The molecular formula is C23H23N3O2. The monoisotopic (exact) mass is 373 g/mol. The summed E-state index contributed by atoms with van der Waals surface area (Å²) < 4.78 is 0. The number of aryl methyl sites for hydroxylation is 2. The molecule has 0 saturated heterocycles. The van der Waals surface area contributed by atoms with Gasteiger partial charge < -0.3 is 10.6 Å². The Morgan fingerprint density at radius 1 is 0.893 bits per heavy atom. The van der Waals surface area contributed by atoms with Crippen LogP contribution in [0.25, 0.3) is 0 Å². The SMILES string of the molecule is Cc1ccccc1NC(=O)c1cncc(C(=O)NCCCc2ccccc2)c1. The molecule has 2 amide bonds. The van der Waals surface area contributed by atoms with Crippen LogP contribution in [0.15, 0.2) is 73.1 Å². The van der Waals surface area contributed by atoms with Crippen LogP contribution >= 0.6 is 0 Å². The second kappa shape index (κ2) is 9.46. The molecule has 0 unspecified atom stereocenters. The van der Waals surface area contributed by atoms with Crippen molar-refractivity contribution in [2.45, 2.75) is 19.8 Å². The summed E-state index contributed by atoms with van der Waals surface area (Å²) in [5.74, 6) is -0.522. The molecule has 3 rings (SSSR count). The van der Waals surface area contributed by atoms with Crippen molar-refractivity contribution in [1.29, 1.82) is 0 Å². The molecule has 1 heterocycles. The van der Waals surface area contributed by atoms with E-state index in [9.17, 15) is 9.59 Å². The molecule has 5 heteroatoms. The van der Waals surface area contributed by atoms with Gasteiger partial charge in [-0.2, -0.15) is 0 Å². The summed E-state index contributed by atoms with van der Waals surface area (Å²) in [6.45, 7) is 2.49. The summed E-state index contributed by atoms with van der Waals surface area (Å²) in [6, 6.07) is 19.2. The van der Waals surface area contributed by atoms with Gasteiger partial charge in [-0.3, -0.25) is 14.6 Å². The van der Waals surface area contributed by atoms with Crippen LogP contribution in [-0.4, -0.2) is 23.3 Å². The first-order valence-electron chi connectivity index (χ1n) is 9.27. The van der Waals surface area contributed by atoms with E-state index in [0.29, 0.717) is 17.7 Å². The minimum absolute atomic E-state index is 0.230. The fraction of sp³-hybridized carbons (Fsp3) is 0.174. The van der Waals surface area contributed by atoms with Crippen molar-refractivity contribution >= 4 is 17.5 Å². The van der Waals surface area contributed by atoms with Gasteiger partial charge in [-0.05, 0) is 43.0 Å². The number of rotatable bonds is 7. The molecule has 0 fully saturated rings. The molecule has 0 radical (unpaired) electrons. The van der Waals surface area contributed by atoms with Crippen LogP contribution in [0.3, 0.4) is 0 Å². The first kappa shape index (κ1) is 19.3. The van der Waals surface area contributed by atoms with Crippen LogP contribution in [-0.2, 0) is 6.42 Å². The van der Waals surface area contributed by atoms with Crippen LogP contribution in [0.5, 0.6) is 0 Å². The highest BCUT2D eigenvalue weighted by molar-refractivity contribution is 6.06. The third-order valence-electron chi connectivity index (χ3n) is 4.43. The second-order valence-electron chi connectivity index (χ2n) is 6.58. The number of carbonyl (C=O) groups is 2. The van der Waals surface area contributed by atoms with Gasteiger partial charge in [0.15, 0.2) is 0 Å². The first-order chi connectivity index (χ1) is 13.6. The summed E-state index contributed by atoms with van der Waals surface area (Å²) in [7, 11) is 0. The van der Waals surface area contributed by atoms with E-state index in [4.69, 9.17) is 0 Å².